The van der Waals surface area contributed by atoms with Crippen LogP contribution in [0.15, 0.2) is 39.2 Å². The van der Waals surface area contributed by atoms with Crippen LogP contribution < -0.4 is 9.47 Å². The lowest BCUT2D eigenvalue weighted by Crippen LogP contribution is -2.10. The van der Waals surface area contributed by atoms with Crippen molar-refractivity contribution < 1.29 is 33.0 Å². The monoisotopic (exact) mass is 460 g/mol. The Kier molecular flexibility index (Phi) is 6.03. The maximum absolute atomic E-state index is 12.6. The Balaban J connectivity index is 2.10. The van der Waals surface area contributed by atoms with Crippen LogP contribution in [0.25, 0.3) is 11.0 Å². The molecule has 29 heavy (non-hydrogen) atoms. The Labute approximate surface area is 174 Å². The molecule has 0 aliphatic heterocycles. The fraction of sp³-hybridized carbons (Fsp3) is 0.190. The summed E-state index contributed by atoms with van der Waals surface area (Å²) >= 11 is 3.37. The Morgan fingerprint density at radius 3 is 2.62 bits per heavy atom. The molecule has 0 aliphatic rings. The van der Waals surface area contributed by atoms with Gasteiger partial charge in [-0.05, 0) is 59.6 Å². The third-order valence-corrected chi connectivity index (χ3v) is 4.96. The van der Waals surface area contributed by atoms with Crippen molar-refractivity contribution in [1.82, 2.24) is 0 Å². The Morgan fingerprint density at radius 1 is 1.21 bits per heavy atom. The average molecular weight is 461 g/mol. The zero-order valence-corrected chi connectivity index (χ0v) is 17.5. The lowest BCUT2D eigenvalue weighted by atomic mass is 10.1. The molecule has 0 saturated heterocycles. The van der Waals surface area contributed by atoms with E-state index in [2.05, 4.69) is 15.9 Å². The van der Waals surface area contributed by atoms with Crippen molar-refractivity contribution in [3.8, 4) is 11.5 Å². The summed E-state index contributed by atoms with van der Waals surface area (Å²) in [6, 6.07) is 8.10. The summed E-state index contributed by atoms with van der Waals surface area (Å²) in [5.74, 6) is -0.782. The molecule has 0 saturated carbocycles. The zero-order valence-electron chi connectivity index (χ0n) is 15.9. The summed E-state index contributed by atoms with van der Waals surface area (Å²) in [5, 5.41) is 0.305. The van der Waals surface area contributed by atoms with Crippen molar-refractivity contribution >= 4 is 45.1 Å². The number of carbonyl (C=O) groups excluding carboxylic acids is 3. The third kappa shape index (κ3) is 3.88. The number of hydrogen-bond acceptors (Lipinski definition) is 7. The van der Waals surface area contributed by atoms with Crippen LogP contribution in [-0.2, 0) is 4.74 Å². The fourth-order valence-corrected chi connectivity index (χ4v) is 3.43. The van der Waals surface area contributed by atoms with Gasteiger partial charge in [0.1, 0.15) is 22.6 Å². The summed E-state index contributed by atoms with van der Waals surface area (Å²) in [7, 11) is 1.50. The molecule has 0 amide bonds. The lowest BCUT2D eigenvalue weighted by molar-refractivity contribution is 0.0524. The van der Waals surface area contributed by atoms with Gasteiger partial charge in [0.2, 0.25) is 0 Å². The molecule has 0 fully saturated rings. The molecule has 3 rings (SSSR count). The SMILES string of the molecule is CCOC(=O)c1c(C=O)oc2c(C)cc(OC(=O)c3cccc(OC)c3)c(Br)c12. The molecule has 1 aromatic heterocycles. The van der Waals surface area contributed by atoms with Gasteiger partial charge in [0.15, 0.2) is 12.0 Å². The van der Waals surface area contributed by atoms with Gasteiger partial charge in [-0.1, -0.05) is 6.07 Å². The third-order valence-electron chi connectivity index (χ3n) is 4.17. The number of methoxy groups -OCH3 is 1. The van der Waals surface area contributed by atoms with E-state index in [1.54, 1.807) is 44.2 Å². The number of rotatable bonds is 6. The molecule has 0 unspecified atom stereocenters. The summed E-state index contributed by atoms with van der Waals surface area (Å²) in [6.07, 6.45) is 0.445. The summed E-state index contributed by atoms with van der Waals surface area (Å²) in [6.45, 7) is 3.50. The molecule has 0 spiro atoms. The number of fused-ring (bicyclic) bond motifs is 1. The highest BCUT2D eigenvalue weighted by Crippen LogP contribution is 2.40. The number of ether oxygens (including phenoxy) is 3. The first kappa shape index (κ1) is 20.6. The van der Waals surface area contributed by atoms with Gasteiger partial charge in [0, 0.05) is 0 Å². The maximum Gasteiger partial charge on any atom is 0.343 e. The molecule has 1 heterocycles. The standard InChI is InChI=1S/C21H17BrO7/c1-4-27-21(25)16-15(10-23)28-19-11(2)8-14(18(22)17(16)19)29-20(24)12-6-5-7-13(9-12)26-3/h5-10H,4H2,1-3H3. The largest absolute Gasteiger partial charge is 0.497 e. The summed E-state index contributed by atoms with van der Waals surface area (Å²) in [5.41, 5.74) is 1.17. The molecular weight excluding hydrogens is 444 g/mol. The lowest BCUT2D eigenvalue weighted by Gasteiger charge is -2.10. The fourth-order valence-electron chi connectivity index (χ4n) is 2.86. The van der Waals surface area contributed by atoms with Crippen molar-refractivity contribution in [3.63, 3.8) is 0 Å². The number of aryl methyl sites for hydroxylation is 1. The quantitative estimate of drug-likeness (QED) is 0.298. The van der Waals surface area contributed by atoms with E-state index in [1.807, 2.05) is 0 Å². The first-order chi connectivity index (χ1) is 13.9. The number of hydrogen-bond donors (Lipinski definition) is 0. The summed E-state index contributed by atoms with van der Waals surface area (Å²) < 4.78 is 21.5. The molecule has 8 heteroatoms. The van der Waals surface area contributed by atoms with Crippen LogP contribution >= 0.6 is 15.9 Å². The average Bonchev–Trinajstić information content (AvgIpc) is 3.12. The number of aldehydes is 1. The predicted octanol–water partition coefficient (Wildman–Crippen LogP) is 4.72. The van der Waals surface area contributed by atoms with Crippen LogP contribution in [0.3, 0.4) is 0 Å². The highest BCUT2D eigenvalue weighted by Gasteiger charge is 2.27. The van der Waals surface area contributed by atoms with E-state index in [0.29, 0.717) is 38.6 Å². The van der Waals surface area contributed by atoms with Crippen LogP contribution in [0.5, 0.6) is 11.5 Å². The Hall–Kier alpha value is -3.13. The molecule has 0 aliphatic carbocycles. The first-order valence-corrected chi connectivity index (χ1v) is 9.44. The van der Waals surface area contributed by atoms with Crippen molar-refractivity contribution in [2.24, 2.45) is 0 Å². The van der Waals surface area contributed by atoms with E-state index in [-0.39, 0.29) is 23.7 Å². The van der Waals surface area contributed by atoms with Gasteiger partial charge < -0.3 is 18.6 Å². The van der Waals surface area contributed by atoms with E-state index >= 15 is 0 Å². The molecule has 0 radical (unpaired) electrons. The van der Waals surface area contributed by atoms with Gasteiger partial charge in [-0.2, -0.15) is 0 Å². The maximum atomic E-state index is 12.6. The topological polar surface area (TPSA) is 92.0 Å². The number of furan rings is 1. The Morgan fingerprint density at radius 2 is 1.97 bits per heavy atom. The second-order valence-electron chi connectivity index (χ2n) is 6.01. The minimum absolute atomic E-state index is 0.0221. The minimum Gasteiger partial charge on any atom is -0.497 e. The van der Waals surface area contributed by atoms with Crippen molar-refractivity contribution in [2.75, 3.05) is 13.7 Å². The number of benzene rings is 2. The first-order valence-electron chi connectivity index (χ1n) is 8.65. The van der Waals surface area contributed by atoms with Crippen molar-refractivity contribution in [1.29, 1.82) is 0 Å². The van der Waals surface area contributed by atoms with Gasteiger partial charge in [0.25, 0.3) is 0 Å². The Bertz CT molecular complexity index is 1110. The molecule has 7 nitrogen and oxygen atoms in total. The predicted molar refractivity (Wildman–Crippen MR) is 108 cm³/mol. The van der Waals surface area contributed by atoms with Crippen LogP contribution in [0.1, 0.15) is 43.8 Å². The molecule has 0 bridgehead atoms. The number of halogens is 1. The van der Waals surface area contributed by atoms with Gasteiger partial charge in [-0.25, -0.2) is 9.59 Å². The summed E-state index contributed by atoms with van der Waals surface area (Å²) in [4.78, 5) is 36.4. The molecule has 150 valence electrons. The smallest absolute Gasteiger partial charge is 0.343 e. The number of carbonyl (C=O) groups is 3. The van der Waals surface area contributed by atoms with E-state index in [4.69, 9.17) is 18.6 Å². The highest BCUT2D eigenvalue weighted by atomic mass is 79.9. The molecular formula is C21H17BrO7. The van der Waals surface area contributed by atoms with Crippen LogP contribution in [-0.4, -0.2) is 31.9 Å². The number of esters is 2. The van der Waals surface area contributed by atoms with Gasteiger partial charge in [-0.3, -0.25) is 4.79 Å². The molecule has 2 aromatic carbocycles. The van der Waals surface area contributed by atoms with Crippen LogP contribution in [0.2, 0.25) is 0 Å². The van der Waals surface area contributed by atoms with Crippen molar-refractivity contribution in [3.05, 3.63) is 57.3 Å². The highest BCUT2D eigenvalue weighted by molar-refractivity contribution is 9.10. The van der Waals surface area contributed by atoms with Gasteiger partial charge >= 0.3 is 11.9 Å². The van der Waals surface area contributed by atoms with E-state index in [0.717, 1.165) is 0 Å². The normalized spacial score (nSPS) is 10.6. The van der Waals surface area contributed by atoms with E-state index in [9.17, 15) is 14.4 Å². The minimum atomic E-state index is -0.704. The van der Waals surface area contributed by atoms with Gasteiger partial charge in [-0.15, -0.1) is 0 Å². The van der Waals surface area contributed by atoms with Crippen LogP contribution in [0, 0.1) is 6.92 Å². The van der Waals surface area contributed by atoms with E-state index < -0.39 is 11.9 Å². The molecule has 0 N–H and O–H groups in total. The second kappa shape index (κ2) is 8.48. The van der Waals surface area contributed by atoms with E-state index in [1.165, 1.54) is 7.11 Å². The van der Waals surface area contributed by atoms with Crippen molar-refractivity contribution in [2.45, 2.75) is 13.8 Å². The van der Waals surface area contributed by atoms with Crippen LogP contribution in [0.4, 0.5) is 0 Å². The molecule has 0 atom stereocenters. The second-order valence-corrected chi connectivity index (χ2v) is 6.80. The van der Waals surface area contributed by atoms with Gasteiger partial charge in [0.05, 0.1) is 29.1 Å². The zero-order chi connectivity index (χ0) is 21.1. The molecule has 3 aromatic rings.